The van der Waals surface area contributed by atoms with Gasteiger partial charge in [0.05, 0.1) is 11.4 Å². The molecule has 4 heteroatoms. The second-order valence-corrected chi connectivity index (χ2v) is 4.44. The minimum absolute atomic E-state index is 0.251. The first kappa shape index (κ1) is 19.8. The standard InChI is InChI=1S/C16H20FN3.C2H6/c1-5-19-16(11(2)12(3)18)13(4)20-10-14-6-8-15(17)9-7-14;1-2/h5-9,18,20H,4,10H2,1-3H3;1-2H3/b16-11-,18-12?,19-5?;. The normalized spacial score (nSPS) is 11.4. The molecule has 0 atom stereocenters. The number of nitrogens with one attached hydrogen (secondary N) is 2. The number of allylic oxidation sites excluding steroid dienone is 1. The van der Waals surface area contributed by atoms with Crippen molar-refractivity contribution in [2.45, 2.75) is 41.2 Å². The zero-order valence-electron chi connectivity index (χ0n) is 14.1. The summed E-state index contributed by atoms with van der Waals surface area (Å²) in [4.78, 5) is 4.26. The molecule has 0 radical (unpaired) electrons. The fourth-order valence-corrected chi connectivity index (χ4v) is 1.60. The van der Waals surface area contributed by atoms with E-state index in [1.54, 1.807) is 25.3 Å². The van der Waals surface area contributed by atoms with E-state index >= 15 is 0 Å². The monoisotopic (exact) mass is 303 g/mol. The molecule has 3 nitrogen and oxygen atoms in total. The average molecular weight is 303 g/mol. The van der Waals surface area contributed by atoms with Crippen LogP contribution in [0.5, 0.6) is 0 Å². The van der Waals surface area contributed by atoms with E-state index in [1.807, 2.05) is 27.7 Å². The Labute approximate surface area is 133 Å². The van der Waals surface area contributed by atoms with Gasteiger partial charge in [0.15, 0.2) is 0 Å². The molecule has 0 bridgehead atoms. The van der Waals surface area contributed by atoms with Gasteiger partial charge in [-0.1, -0.05) is 32.6 Å². The van der Waals surface area contributed by atoms with E-state index < -0.39 is 0 Å². The van der Waals surface area contributed by atoms with Gasteiger partial charge in [-0.2, -0.15) is 0 Å². The Hall–Kier alpha value is -2.23. The van der Waals surface area contributed by atoms with Crippen molar-refractivity contribution in [3.8, 4) is 0 Å². The van der Waals surface area contributed by atoms with Crippen molar-refractivity contribution in [2.75, 3.05) is 0 Å². The van der Waals surface area contributed by atoms with Gasteiger partial charge in [-0.3, -0.25) is 4.99 Å². The molecule has 0 saturated heterocycles. The zero-order valence-corrected chi connectivity index (χ0v) is 14.1. The summed E-state index contributed by atoms with van der Waals surface area (Å²) in [5, 5.41) is 10.8. The molecular weight excluding hydrogens is 277 g/mol. The SMILES string of the molecule is C=C(NCc1ccc(F)cc1)/C(N=CC)=C(\C)C(C)=N.CC. The number of hydrogen-bond acceptors (Lipinski definition) is 3. The highest BCUT2D eigenvalue weighted by molar-refractivity contribution is 5.96. The molecule has 0 aliphatic heterocycles. The highest BCUT2D eigenvalue weighted by atomic mass is 19.1. The zero-order chi connectivity index (χ0) is 17.1. The number of benzene rings is 1. The van der Waals surface area contributed by atoms with Crippen molar-refractivity contribution in [1.82, 2.24) is 5.32 Å². The summed E-state index contributed by atoms with van der Waals surface area (Å²) < 4.78 is 12.8. The molecule has 1 rings (SSSR count). The number of nitrogens with zero attached hydrogens (tertiary/aromatic N) is 1. The van der Waals surface area contributed by atoms with Crippen LogP contribution in [-0.4, -0.2) is 11.9 Å². The summed E-state index contributed by atoms with van der Waals surface area (Å²) in [5.41, 5.74) is 3.50. The first-order chi connectivity index (χ1) is 10.5. The maximum absolute atomic E-state index is 12.8. The quantitative estimate of drug-likeness (QED) is 0.572. The second-order valence-electron chi connectivity index (χ2n) is 4.44. The molecule has 0 amide bonds. The van der Waals surface area contributed by atoms with Crippen LogP contribution in [0.4, 0.5) is 4.39 Å². The van der Waals surface area contributed by atoms with Gasteiger partial charge in [-0.25, -0.2) is 4.39 Å². The van der Waals surface area contributed by atoms with E-state index in [2.05, 4.69) is 16.9 Å². The topological polar surface area (TPSA) is 48.2 Å². The van der Waals surface area contributed by atoms with Crippen LogP contribution in [0.2, 0.25) is 0 Å². The molecule has 0 heterocycles. The smallest absolute Gasteiger partial charge is 0.123 e. The van der Waals surface area contributed by atoms with Gasteiger partial charge >= 0.3 is 0 Å². The Morgan fingerprint density at radius 3 is 2.27 bits per heavy atom. The number of hydrogen-bond donors (Lipinski definition) is 2. The third kappa shape index (κ3) is 6.48. The average Bonchev–Trinajstić information content (AvgIpc) is 2.53. The largest absolute Gasteiger partial charge is 0.380 e. The molecule has 0 aromatic heterocycles. The molecule has 0 unspecified atom stereocenters. The van der Waals surface area contributed by atoms with Gasteiger partial charge in [-0.15, -0.1) is 0 Å². The fourth-order valence-electron chi connectivity index (χ4n) is 1.60. The molecule has 0 aliphatic carbocycles. The van der Waals surface area contributed by atoms with Crippen LogP contribution in [0.15, 0.2) is 52.8 Å². The summed E-state index contributed by atoms with van der Waals surface area (Å²) in [6, 6.07) is 6.29. The van der Waals surface area contributed by atoms with E-state index in [-0.39, 0.29) is 5.82 Å². The maximum atomic E-state index is 12.8. The Balaban J connectivity index is 0.00000211. The highest BCUT2D eigenvalue weighted by Gasteiger charge is 2.07. The van der Waals surface area contributed by atoms with Crippen LogP contribution in [0.25, 0.3) is 0 Å². The van der Waals surface area contributed by atoms with Crippen molar-refractivity contribution in [2.24, 2.45) is 4.99 Å². The summed E-state index contributed by atoms with van der Waals surface area (Å²) >= 11 is 0. The van der Waals surface area contributed by atoms with Crippen LogP contribution >= 0.6 is 0 Å². The van der Waals surface area contributed by atoms with Gasteiger partial charge < -0.3 is 10.7 Å². The Kier molecular flexibility index (Phi) is 9.43. The fraction of sp³-hybridized carbons (Fsp3) is 0.333. The summed E-state index contributed by atoms with van der Waals surface area (Å²) in [6.07, 6.45) is 1.67. The molecule has 1 aromatic rings. The van der Waals surface area contributed by atoms with Crippen molar-refractivity contribution in [1.29, 1.82) is 5.41 Å². The highest BCUT2D eigenvalue weighted by Crippen LogP contribution is 2.14. The van der Waals surface area contributed by atoms with Crippen LogP contribution in [0, 0.1) is 11.2 Å². The van der Waals surface area contributed by atoms with Crippen LogP contribution in [0.3, 0.4) is 0 Å². The Morgan fingerprint density at radius 2 is 1.82 bits per heavy atom. The van der Waals surface area contributed by atoms with Gasteiger partial charge in [0.2, 0.25) is 0 Å². The molecule has 0 spiro atoms. The number of halogens is 1. The minimum atomic E-state index is -0.251. The molecule has 22 heavy (non-hydrogen) atoms. The van der Waals surface area contributed by atoms with Gasteiger partial charge in [0, 0.05) is 18.5 Å². The van der Waals surface area contributed by atoms with Crippen LogP contribution < -0.4 is 5.32 Å². The van der Waals surface area contributed by atoms with Crippen LogP contribution in [-0.2, 0) is 6.54 Å². The predicted molar refractivity (Wildman–Crippen MR) is 94.0 cm³/mol. The first-order valence-electron chi connectivity index (χ1n) is 7.38. The molecule has 0 fully saturated rings. The predicted octanol–water partition coefficient (Wildman–Crippen LogP) is 4.86. The lowest BCUT2D eigenvalue weighted by molar-refractivity contribution is 0.626. The summed E-state index contributed by atoms with van der Waals surface area (Å²) in [5.74, 6) is -0.251. The van der Waals surface area contributed by atoms with E-state index in [0.29, 0.717) is 23.7 Å². The molecular formula is C18H26FN3. The van der Waals surface area contributed by atoms with Gasteiger partial charge in [-0.05, 0) is 44.0 Å². The minimum Gasteiger partial charge on any atom is -0.380 e. The Bertz CT molecular complexity index is 554. The molecule has 0 aliphatic rings. The molecule has 1 aromatic carbocycles. The number of rotatable bonds is 6. The third-order valence-electron chi connectivity index (χ3n) is 2.88. The van der Waals surface area contributed by atoms with E-state index in [0.717, 1.165) is 11.1 Å². The van der Waals surface area contributed by atoms with E-state index in [9.17, 15) is 4.39 Å². The lowest BCUT2D eigenvalue weighted by Gasteiger charge is -2.13. The van der Waals surface area contributed by atoms with Gasteiger partial charge in [0.25, 0.3) is 0 Å². The third-order valence-corrected chi connectivity index (χ3v) is 2.88. The first-order valence-corrected chi connectivity index (χ1v) is 7.38. The lowest BCUT2D eigenvalue weighted by atomic mass is 10.1. The van der Waals surface area contributed by atoms with Crippen molar-refractivity contribution >= 4 is 11.9 Å². The molecule has 2 N–H and O–H groups in total. The maximum Gasteiger partial charge on any atom is 0.123 e. The second kappa shape index (κ2) is 10.5. The van der Waals surface area contributed by atoms with Crippen molar-refractivity contribution in [3.05, 3.63) is 59.2 Å². The lowest BCUT2D eigenvalue weighted by Crippen LogP contribution is -2.15. The van der Waals surface area contributed by atoms with Crippen molar-refractivity contribution < 1.29 is 4.39 Å². The van der Waals surface area contributed by atoms with Gasteiger partial charge in [0.1, 0.15) is 5.82 Å². The molecule has 120 valence electrons. The number of aliphatic imine (C=N–C) groups is 1. The molecule has 0 saturated carbocycles. The summed E-state index contributed by atoms with van der Waals surface area (Å²) in [7, 11) is 0. The summed E-state index contributed by atoms with van der Waals surface area (Å²) in [6.45, 7) is 13.9. The van der Waals surface area contributed by atoms with E-state index in [1.165, 1.54) is 12.1 Å². The van der Waals surface area contributed by atoms with Crippen molar-refractivity contribution in [3.63, 3.8) is 0 Å². The van der Waals surface area contributed by atoms with Crippen LogP contribution in [0.1, 0.15) is 40.2 Å². The van der Waals surface area contributed by atoms with E-state index in [4.69, 9.17) is 5.41 Å². The Morgan fingerprint density at radius 1 is 1.27 bits per heavy atom.